The number of hydrogen-bond donors (Lipinski definition) is 3. The van der Waals surface area contributed by atoms with Crippen LogP contribution in [0.5, 0.6) is 11.5 Å². The number of aromatic nitrogens is 2. The van der Waals surface area contributed by atoms with E-state index in [1.54, 1.807) is 11.0 Å². The van der Waals surface area contributed by atoms with Gasteiger partial charge in [0.25, 0.3) is 5.91 Å². The van der Waals surface area contributed by atoms with Gasteiger partial charge < -0.3 is 19.8 Å². The van der Waals surface area contributed by atoms with Gasteiger partial charge in [-0.1, -0.05) is 37.1 Å². The number of nitrogens with one attached hydrogen (secondary N) is 1. The molecule has 0 radical (unpaired) electrons. The van der Waals surface area contributed by atoms with Gasteiger partial charge in [0, 0.05) is 24.3 Å². The molecular formula is C25H29N3O4. The fourth-order valence-electron chi connectivity index (χ4n) is 4.17. The minimum absolute atomic E-state index is 0.00558. The number of ether oxygens (including phenoxy) is 1. The van der Waals surface area contributed by atoms with Gasteiger partial charge in [-0.15, -0.1) is 0 Å². The highest BCUT2D eigenvalue weighted by Gasteiger charge is 2.42. The average molecular weight is 436 g/mol. The molecular weight excluding hydrogens is 406 g/mol. The van der Waals surface area contributed by atoms with E-state index in [0.29, 0.717) is 36.5 Å². The number of carbonyl (C=O) groups excluding carboxylic acids is 1. The molecule has 1 amide bonds. The first-order valence-electron chi connectivity index (χ1n) is 11.1. The molecule has 7 nitrogen and oxygen atoms in total. The molecule has 0 spiro atoms. The van der Waals surface area contributed by atoms with Crippen LogP contribution in [-0.2, 0) is 0 Å². The average Bonchev–Trinajstić information content (AvgIpc) is 3.33. The molecule has 1 aromatic heterocycles. The zero-order valence-electron chi connectivity index (χ0n) is 18.5. The number of benzene rings is 2. The number of aromatic hydroxyl groups is 1. The van der Waals surface area contributed by atoms with Gasteiger partial charge in [0.1, 0.15) is 22.9 Å². The minimum atomic E-state index is -0.396. The number of rotatable bonds is 9. The van der Waals surface area contributed by atoms with Gasteiger partial charge >= 0.3 is 0 Å². The van der Waals surface area contributed by atoms with E-state index in [-0.39, 0.29) is 18.3 Å². The number of phenolic OH excluding ortho intramolecular Hbond substituents is 1. The monoisotopic (exact) mass is 435 g/mol. The predicted octanol–water partition coefficient (Wildman–Crippen LogP) is 4.20. The Bertz CT molecular complexity index is 1110. The summed E-state index contributed by atoms with van der Waals surface area (Å²) in [6, 6.07) is 12.7. The Labute approximate surface area is 187 Å². The summed E-state index contributed by atoms with van der Waals surface area (Å²) in [6.07, 6.45) is 2.49. The maximum absolute atomic E-state index is 13.3. The number of aryl methyl sites for hydroxylation is 1. The summed E-state index contributed by atoms with van der Waals surface area (Å²) in [6.45, 7) is 5.10. The molecule has 32 heavy (non-hydrogen) atoms. The molecule has 1 aliphatic heterocycles. The molecule has 0 bridgehead atoms. The van der Waals surface area contributed by atoms with Crippen molar-refractivity contribution < 1.29 is 19.7 Å². The van der Waals surface area contributed by atoms with Crippen LogP contribution >= 0.6 is 0 Å². The van der Waals surface area contributed by atoms with Crippen molar-refractivity contribution in [1.29, 1.82) is 0 Å². The lowest BCUT2D eigenvalue weighted by molar-refractivity contribution is 0.0732. The summed E-state index contributed by atoms with van der Waals surface area (Å²) in [5, 5.41) is 27.2. The standard InChI is InChI=1S/C25H29N3O4/c1-3-4-13-32-18-8-5-7-17(15-18)24-21-22(19-14-16(2)9-10-20(19)30)26-27-23(21)25(31)28(24)11-6-12-29/h5,7-10,14-15,24,29-30H,3-4,6,11-13H2,1-2H3,(H,26,27). The maximum Gasteiger partial charge on any atom is 0.273 e. The van der Waals surface area contributed by atoms with E-state index in [1.165, 1.54) is 0 Å². The number of carbonyl (C=O) groups is 1. The van der Waals surface area contributed by atoms with Crippen LogP contribution in [0.1, 0.15) is 59.4 Å². The van der Waals surface area contributed by atoms with Crippen LogP contribution in [-0.4, -0.2) is 51.0 Å². The molecule has 3 N–H and O–H groups in total. The number of aliphatic hydroxyl groups excluding tert-OH is 1. The van der Waals surface area contributed by atoms with E-state index < -0.39 is 6.04 Å². The number of amides is 1. The zero-order chi connectivity index (χ0) is 22.7. The fourth-order valence-corrected chi connectivity index (χ4v) is 4.17. The Hall–Kier alpha value is -3.32. The molecule has 7 heteroatoms. The first kappa shape index (κ1) is 21.9. The molecule has 0 saturated heterocycles. The lowest BCUT2D eigenvalue weighted by Gasteiger charge is -2.26. The molecule has 2 aromatic carbocycles. The maximum atomic E-state index is 13.3. The number of phenols is 1. The Morgan fingerprint density at radius 2 is 2.03 bits per heavy atom. The Morgan fingerprint density at radius 1 is 1.19 bits per heavy atom. The first-order valence-corrected chi connectivity index (χ1v) is 11.1. The third-order valence-electron chi connectivity index (χ3n) is 5.77. The van der Waals surface area contributed by atoms with Gasteiger partial charge in [-0.2, -0.15) is 5.10 Å². The van der Waals surface area contributed by atoms with Gasteiger partial charge in [-0.3, -0.25) is 9.89 Å². The Kier molecular flexibility index (Phi) is 6.46. The normalized spacial score (nSPS) is 15.3. The Balaban J connectivity index is 1.81. The second-order valence-corrected chi connectivity index (χ2v) is 8.13. The van der Waals surface area contributed by atoms with Crippen molar-refractivity contribution in [1.82, 2.24) is 15.1 Å². The van der Waals surface area contributed by atoms with Crippen LogP contribution in [0.4, 0.5) is 0 Å². The van der Waals surface area contributed by atoms with Gasteiger partial charge in [-0.25, -0.2) is 0 Å². The number of H-pyrrole nitrogens is 1. The van der Waals surface area contributed by atoms with E-state index in [2.05, 4.69) is 17.1 Å². The molecule has 1 aliphatic rings. The van der Waals surface area contributed by atoms with Crippen LogP contribution in [0.25, 0.3) is 11.3 Å². The number of hydrogen-bond acceptors (Lipinski definition) is 5. The van der Waals surface area contributed by atoms with E-state index in [4.69, 9.17) is 4.74 Å². The number of nitrogens with zero attached hydrogens (tertiary/aromatic N) is 2. The van der Waals surface area contributed by atoms with Crippen molar-refractivity contribution in [3.63, 3.8) is 0 Å². The Morgan fingerprint density at radius 3 is 2.81 bits per heavy atom. The number of fused-ring (bicyclic) bond motifs is 1. The summed E-state index contributed by atoms with van der Waals surface area (Å²) in [4.78, 5) is 15.0. The van der Waals surface area contributed by atoms with E-state index in [1.807, 2.05) is 43.3 Å². The van der Waals surface area contributed by atoms with Gasteiger partial charge in [-0.05, 0) is 49.6 Å². The molecule has 0 aliphatic carbocycles. The molecule has 4 rings (SSSR count). The minimum Gasteiger partial charge on any atom is -0.507 e. The number of unbranched alkanes of at least 4 members (excludes halogenated alkanes) is 1. The van der Waals surface area contributed by atoms with Crippen molar-refractivity contribution in [3.05, 3.63) is 64.8 Å². The summed E-state index contributed by atoms with van der Waals surface area (Å²) in [5.41, 5.74) is 4.18. The molecule has 0 saturated carbocycles. The van der Waals surface area contributed by atoms with Crippen LogP contribution in [0, 0.1) is 6.92 Å². The van der Waals surface area contributed by atoms with Crippen LogP contribution in [0.15, 0.2) is 42.5 Å². The van der Waals surface area contributed by atoms with Crippen LogP contribution in [0.2, 0.25) is 0 Å². The molecule has 3 aromatic rings. The van der Waals surface area contributed by atoms with Crippen molar-refractivity contribution in [3.8, 4) is 22.8 Å². The van der Waals surface area contributed by atoms with Crippen molar-refractivity contribution >= 4 is 5.91 Å². The molecule has 168 valence electrons. The van der Waals surface area contributed by atoms with E-state index >= 15 is 0 Å². The molecule has 0 fully saturated rings. The summed E-state index contributed by atoms with van der Waals surface area (Å²) in [5.74, 6) is 0.700. The molecule has 2 heterocycles. The molecule has 1 atom stereocenters. The largest absolute Gasteiger partial charge is 0.507 e. The second kappa shape index (κ2) is 9.44. The summed E-state index contributed by atoms with van der Waals surface area (Å²) >= 11 is 0. The second-order valence-electron chi connectivity index (χ2n) is 8.13. The predicted molar refractivity (Wildman–Crippen MR) is 122 cm³/mol. The number of aliphatic hydroxyl groups is 1. The van der Waals surface area contributed by atoms with Crippen LogP contribution < -0.4 is 4.74 Å². The highest BCUT2D eigenvalue weighted by Crippen LogP contribution is 2.45. The third kappa shape index (κ3) is 4.08. The van der Waals surface area contributed by atoms with Crippen LogP contribution in [0.3, 0.4) is 0 Å². The van der Waals surface area contributed by atoms with E-state index in [9.17, 15) is 15.0 Å². The van der Waals surface area contributed by atoms with Crippen molar-refractivity contribution in [2.24, 2.45) is 0 Å². The topological polar surface area (TPSA) is 98.7 Å². The number of aromatic amines is 1. The SMILES string of the molecule is CCCCOc1cccc(C2c3c(-c4cc(C)ccc4O)n[nH]c3C(=O)N2CCCO)c1. The lowest BCUT2D eigenvalue weighted by Crippen LogP contribution is -2.31. The quantitative estimate of drug-likeness (QED) is 0.438. The highest BCUT2D eigenvalue weighted by molar-refractivity contribution is 6.00. The zero-order valence-corrected chi connectivity index (χ0v) is 18.5. The van der Waals surface area contributed by atoms with E-state index in [0.717, 1.165) is 35.3 Å². The third-order valence-corrected chi connectivity index (χ3v) is 5.77. The van der Waals surface area contributed by atoms with Gasteiger partial charge in [0.15, 0.2) is 0 Å². The lowest BCUT2D eigenvalue weighted by atomic mass is 9.95. The summed E-state index contributed by atoms with van der Waals surface area (Å²) in [7, 11) is 0. The highest BCUT2D eigenvalue weighted by atomic mass is 16.5. The smallest absolute Gasteiger partial charge is 0.273 e. The fraction of sp³-hybridized carbons (Fsp3) is 0.360. The van der Waals surface area contributed by atoms with Crippen molar-refractivity contribution in [2.75, 3.05) is 19.8 Å². The van der Waals surface area contributed by atoms with Crippen molar-refractivity contribution in [2.45, 2.75) is 39.2 Å². The van der Waals surface area contributed by atoms with Gasteiger partial charge in [0.05, 0.1) is 12.6 Å². The van der Waals surface area contributed by atoms with Gasteiger partial charge in [0.2, 0.25) is 0 Å². The first-order chi connectivity index (χ1) is 15.5. The summed E-state index contributed by atoms with van der Waals surface area (Å²) < 4.78 is 5.90. The molecule has 1 unspecified atom stereocenters.